The van der Waals surface area contributed by atoms with Gasteiger partial charge in [0.1, 0.15) is 5.54 Å². The van der Waals surface area contributed by atoms with Crippen molar-refractivity contribution in [3.05, 3.63) is 34.9 Å². The first-order valence-electron chi connectivity index (χ1n) is 8.70. The van der Waals surface area contributed by atoms with Crippen molar-refractivity contribution in [1.82, 2.24) is 10.2 Å². The Kier molecular flexibility index (Phi) is 4.58. The summed E-state index contributed by atoms with van der Waals surface area (Å²) in [4.78, 5) is 26.7. The molecule has 0 radical (unpaired) electrons. The molecule has 2 aliphatic rings. The molecule has 3 rings (SSSR count). The van der Waals surface area contributed by atoms with Crippen LogP contribution >= 0.6 is 11.6 Å². The highest BCUT2D eigenvalue weighted by Crippen LogP contribution is 2.46. The van der Waals surface area contributed by atoms with E-state index in [1.807, 2.05) is 0 Å². The molecule has 0 bridgehead atoms. The van der Waals surface area contributed by atoms with Crippen LogP contribution in [0.5, 0.6) is 0 Å². The summed E-state index contributed by atoms with van der Waals surface area (Å²) in [6.07, 6.45) is 1.37. The number of hydrogen-bond acceptors (Lipinski definition) is 3. The van der Waals surface area contributed by atoms with Gasteiger partial charge in [0, 0.05) is 5.02 Å². The first-order chi connectivity index (χ1) is 11.6. The van der Waals surface area contributed by atoms with Crippen molar-refractivity contribution in [3.63, 3.8) is 0 Å². The number of nitrogens with one attached hydrogen (secondary N) is 1. The average Bonchev–Trinajstić information content (AvgIpc) is 2.69. The van der Waals surface area contributed by atoms with Crippen molar-refractivity contribution in [2.45, 2.75) is 51.7 Å². The van der Waals surface area contributed by atoms with Gasteiger partial charge in [-0.25, -0.2) is 4.79 Å². The minimum atomic E-state index is -0.934. The van der Waals surface area contributed by atoms with Crippen molar-refractivity contribution in [2.75, 3.05) is 6.54 Å². The van der Waals surface area contributed by atoms with Crippen LogP contribution in [0.2, 0.25) is 5.02 Å². The number of halogens is 1. The fourth-order valence-corrected chi connectivity index (χ4v) is 4.76. The number of nitrogens with zero attached hydrogens (tertiary/aromatic N) is 1. The minimum absolute atomic E-state index is 0.00852. The largest absolute Gasteiger partial charge is 0.387 e. The molecule has 136 valence electrons. The summed E-state index contributed by atoms with van der Waals surface area (Å²) in [6, 6.07) is 6.35. The standard InChI is InChI=1S/C19H25ClN2O3/c1-12-8-18(2,3)11-19(9-12)16(24)22(17(25)21-19)10-15(23)13-4-6-14(20)7-5-13/h4-7,12,15,23H,8-11H2,1-3H3,(H,21,25)/t12-,15-,19-/m1/s1. The van der Waals surface area contributed by atoms with Gasteiger partial charge < -0.3 is 10.4 Å². The van der Waals surface area contributed by atoms with E-state index in [4.69, 9.17) is 11.6 Å². The highest BCUT2D eigenvalue weighted by molar-refractivity contribution is 6.30. The second-order valence-corrected chi connectivity index (χ2v) is 8.79. The molecule has 1 aromatic rings. The van der Waals surface area contributed by atoms with Crippen molar-refractivity contribution >= 4 is 23.5 Å². The van der Waals surface area contributed by atoms with Gasteiger partial charge in [-0.2, -0.15) is 0 Å². The Balaban J connectivity index is 1.78. The first kappa shape index (κ1) is 18.2. The quantitative estimate of drug-likeness (QED) is 0.806. The zero-order valence-electron chi connectivity index (χ0n) is 14.9. The van der Waals surface area contributed by atoms with Gasteiger partial charge in [0.05, 0.1) is 12.6 Å². The summed E-state index contributed by atoms with van der Waals surface area (Å²) in [5, 5.41) is 13.9. The van der Waals surface area contributed by atoms with E-state index in [9.17, 15) is 14.7 Å². The van der Waals surface area contributed by atoms with Crippen molar-refractivity contribution in [2.24, 2.45) is 11.3 Å². The number of aliphatic hydroxyl groups is 1. The lowest BCUT2D eigenvalue weighted by molar-refractivity contribution is -0.135. The second-order valence-electron chi connectivity index (χ2n) is 8.35. The zero-order chi connectivity index (χ0) is 18.4. The van der Waals surface area contributed by atoms with Crippen molar-refractivity contribution in [3.8, 4) is 0 Å². The number of imide groups is 1. The third kappa shape index (κ3) is 3.53. The minimum Gasteiger partial charge on any atom is -0.387 e. The maximum atomic E-state index is 13.1. The Labute approximate surface area is 153 Å². The fraction of sp³-hybridized carbons (Fsp3) is 0.579. The molecule has 1 spiro atoms. The van der Waals surface area contributed by atoms with Crippen LogP contribution in [-0.4, -0.2) is 34.0 Å². The molecule has 3 amide bonds. The Bertz CT molecular complexity index is 688. The zero-order valence-corrected chi connectivity index (χ0v) is 15.6. The van der Waals surface area contributed by atoms with Crippen LogP contribution in [0.15, 0.2) is 24.3 Å². The van der Waals surface area contributed by atoms with Gasteiger partial charge in [-0.1, -0.05) is 44.5 Å². The van der Waals surface area contributed by atoms with Crippen LogP contribution < -0.4 is 5.32 Å². The molecule has 25 heavy (non-hydrogen) atoms. The number of β-amino-alcohol motifs (C(OH)–C–C–N with tert-alkyl or cyclic N) is 1. The lowest BCUT2D eigenvalue weighted by Crippen LogP contribution is -2.54. The molecule has 2 fully saturated rings. The molecular formula is C19H25ClN2O3. The van der Waals surface area contributed by atoms with Gasteiger partial charge in [-0.15, -0.1) is 0 Å². The summed E-state index contributed by atoms with van der Waals surface area (Å²) >= 11 is 5.86. The fourth-order valence-electron chi connectivity index (χ4n) is 4.64. The van der Waals surface area contributed by atoms with E-state index in [1.54, 1.807) is 24.3 Å². The third-order valence-electron chi connectivity index (χ3n) is 5.23. The van der Waals surface area contributed by atoms with E-state index in [0.29, 0.717) is 29.3 Å². The van der Waals surface area contributed by atoms with Gasteiger partial charge in [0.25, 0.3) is 5.91 Å². The van der Waals surface area contributed by atoms with E-state index < -0.39 is 17.7 Å². The van der Waals surface area contributed by atoms with Gasteiger partial charge in [0.15, 0.2) is 0 Å². The number of rotatable bonds is 3. The van der Waals surface area contributed by atoms with Gasteiger partial charge in [0.2, 0.25) is 0 Å². The van der Waals surface area contributed by atoms with Crippen molar-refractivity contribution in [1.29, 1.82) is 0 Å². The van der Waals surface area contributed by atoms with E-state index in [-0.39, 0.29) is 17.9 Å². The van der Waals surface area contributed by atoms with Crippen LogP contribution in [-0.2, 0) is 4.79 Å². The molecule has 1 aliphatic heterocycles. The molecule has 3 atom stereocenters. The number of benzene rings is 1. The predicted molar refractivity (Wildman–Crippen MR) is 96.2 cm³/mol. The summed E-state index contributed by atoms with van der Waals surface area (Å²) < 4.78 is 0. The van der Waals surface area contributed by atoms with Gasteiger partial charge in [-0.05, 0) is 48.3 Å². The molecular weight excluding hydrogens is 340 g/mol. The summed E-state index contributed by atoms with van der Waals surface area (Å²) in [6.45, 7) is 6.33. The van der Waals surface area contributed by atoms with E-state index in [1.165, 1.54) is 0 Å². The molecule has 6 heteroatoms. The molecule has 0 unspecified atom stereocenters. The smallest absolute Gasteiger partial charge is 0.325 e. The molecule has 1 heterocycles. The predicted octanol–water partition coefficient (Wildman–Crippen LogP) is 3.51. The van der Waals surface area contributed by atoms with E-state index in [0.717, 1.165) is 11.3 Å². The number of carbonyl (C=O) groups is 2. The van der Waals surface area contributed by atoms with Crippen LogP contribution in [0.1, 0.15) is 51.7 Å². The number of carbonyl (C=O) groups excluding carboxylic acids is 2. The highest BCUT2D eigenvalue weighted by atomic mass is 35.5. The molecule has 0 aromatic heterocycles. The highest BCUT2D eigenvalue weighted by Gasteiger charge is 2.56. The Morgan fingerprint density at radius 3 is 2.52 bits per heavy atom. The van der Waals surface area contributed by atoms with Crippen LogP contribution in [0.3, 0.4) is 0 Å². The van der Waals surface area contributed by atoms with Crippen LogP contribution in [0, 0.1) is 11.3 Å². The van der Waals surface area contributed by atoms with Gasteiger partial charge in [-0.3, -0.25) is 9.69 Å². The van der Waals surface area contributed by atoms with Crippen LogP contribution in [0.4, 0.5) is 4.79 Å². The second kappa shape index (κ2) is 6.29. The van der Waals surface area contributed by atoms with Crippen molar-refractivity contribution < 1.29 is 14.7 Å². The Hall–Kier alpha value is -1.59. The monoisotopic (exact) mass is 364 g/mol. The van der Waals surface area contributed by atoms with Gasteiger partial charge >= 0.3 is 6.03 Å². The normalized spacial score (nSPS) is 29.8. The summed E-state index contributed by atoms with van der Waals surface area (Å²) in [5.74, 6) is 0.138. The molecule has 1 aliphatic carbocycles. The summed E-state index contributed by atoms with van der Waals surface area (Å²) in [7, 11) is 0. The number of amides is 3. The molecule has 2 N–H and O–H groups in total. The van der Waals surface area contributed by atoms with Crippen LogP contribution in [0.25, 0.3) is 0 Å². The molecule has 5 nitrogen and oxygen atoms in total. The lowest BCUT2D eigenvalue weighted by atomic mass is 9.64. The average molecular weight is 365 g/mol. The molecule has 1 saturated carbocycles. The number of aliphatic hydroxyl groups excluding tert-OH is 1. The Morgan fingerprint density at radius 1 is 1.28 bits per heavy atom. The van der Waals surface area contributed by atoms with E-state index >= 15 is 0 Å². The number of urea groups is 1. The van der Waals surface area contributed by atoms with E-state index in [2.05, 4.69) is 26.1 Å². The lowest BCUT2D eigenvalue weighted by Gasteiger charge is -2.43. The Morgan fingerprint density at radius 2 is 1.92 bits per heavy atom. The molecule has 1 aromatic carbocycles. The third-order valence-corrected chi connectivity index (χ3v) is 5.49. The SMILES string of the molecule is C[C@@H]1CC(C)(C)C[C@@]2(C1)NC(=O)N(C[C@@H](O)c1ccc(Cl)cc1)C2=O. The number of hydrogen-bond donors (Lipinski definition) is 2. The maximum absolute atomic E-state index is 13.1. The topological polar surface area (TPSA) is 69.6 Å². The maximum Gasteiger partial charge on any atom is 0.325 e. The first-order valence-corrected chi connectivity index (χ1v) is 9.07. The summed E-state index contributed by atoms with van der Waals surface area (Å²) in [5.41, 5.74) is -0.216. The molecule has 1 saturated heterocycles.